The van der Waals surface area contributed by atoms with Gasteiger partial charge in [0.2, 0.25) is 0 Å². The second kappa shape index (κ2) is 4.49. The van der Waals surface area contributed by atoms with E-state index in [1.807, 2.05) is 6.92 Å². The largest absolute Gasteiger partial charge is 0.480 e. The molecule has 15 heavy (non-hydrogen) atoms. The second-order valence-corrected chi connectivity index (χ2v) is 4.70. The molecular weight excluding hydrogens is 194 g/mol. The highest BCUT2D eigenvalue weighted by molar-refractivity contribution is 5.69. The predicted octanol–water partition coefficient (Wildman–Crippen LogP) is 0.960. The van der Waals surface area contributed by atoms with Crippen molar-refractivity contribution >= 4 is 5.97 Å². The Hall–Kier alpha value is -0.610. The van der Waals surface area contributed by atoms with Gasteiger partial charge in [0.25, 0.3) is 0 Å². The van der Waals surface area contributed by atoms with E-state index in [4.69, 9.17) is 9.84 Å². The number of aliphatic carboxylic acids is 1. The molecule has 86 valence electrons. The number of hydrogen-bond donors (Lipinski definition) is 1. The van der Waals surface area contributed by atoms with Crippen LogP contribution in [0.2, 0.25) is 0 Å². The van der Waals surface area contributed by atoms with E-state index in [9.17, 15) is 4.79 Å². The van der Waals surface area contributed by atoms with Gasteiger partial charge in [-0.2, -0.15) is 0 Å². The lowest BCUT2D eigenvalue weighted by Gasteiger charge is -2.29. The maximum atomic E-state index is 10.8. The first kappa shape index (κ1) is 10.9. The SMILES string of the molecule is CC1OCCC1N(CC(=O)O)CC1CC1. The van der Waals surface area contributed by atoms with Crippen LogP contribution in [0.5, 0.6) is 0 Å². The summed E-state index contributed by atoms with van der Waals surface area (Å²) < 4.78 is 5.50. The van der Waals surface area contributed by atoms with Crippen molar-refractivity contribution in [3.63, 3.8) is 0 Å². The third kappa shape index (κ3) is 2.92. The molecule has 1 N–H and O–H groups in total. The van der Waals surface area contributed by atoms with Gasteiger partial charge in [-0.15, -0.1) is 0 Å². The minimum absolute atomic E-state index is 0.162. The standard InChI is InChI=1S/C11H19NO3/c1-8-10(4-5-15-8)12(7-11(13)14)6-9-2-3-9/h8-10H,2-7H2,1H3,(H,13,14). The summed E-state index contributed by atoms with van der Waals surface area (Å²) in [6.07, 6.45) is 3.68. The number of carboxylic acids is 1. The minimum atomic E-state index is -0.727. The third-order valence-electron chi connectivity index (χ3n) is 3.33. The number of rotatable bonds is 5. The number of carbonyl (C=O) groups is 1. The van der Waals surface area contributed by atoms with Crippen LogP contribution in [0.3, 0.4) is 0 Å². The molecule has 0 bridgehead atoms. The van der Waals surface area contributed by atoms with Gasteiger partial charge < -0.3 is 9.84 Å². The van der Waals surface area contributed by atoms with Crippen LogP contribution in [0.1, 0.15) is 26.2 Å². The summed E-state index contributed by atoms with van der Waals surface area (Å²) in [4.78, 5) is 12.9. The van der Waals surface area contributed by atoms with Crippen LogP contribution in [0.4, 0.5) is 0 Å². The summed E-state index contributed by atoms with van der Waals surface area (Å²) >= 11 is 0. The summed E-state index contributed by atoms with van der Waals surface area (Å²) in [5.74, 6) is 0.00639. The topological polar surface area (TPSA) is 49.8 Å². The predicted molar refractivity (Wildman–Crippen MR) is 55.8 cm³/mol. The van der Waals surface area contributed by atoms with Gasteiger partial charge in [-0.05, 0) is 32.1 Å². The Balaban J connectivity index is 1.92. The number of carboxylic acid groups (broad SMARTS) is 1. The highest BCUT2D eigenvalue weighted by atomic mass is 16.5. The average molecular weight is 213 g/mol. The summed E-state index contributed by atoms with van der Waals surface area (Å²) in [6.45, 7) is 3.91. The highest BCUT2D eigenvalue weighted by Gasteiger charge is 2.34. The minimum Gasteiger partial charge on any atom is -0.480 e. The first-order chi connectivity index (χ1) is 7.16. The molecule has 2 rings (SSSR count). The molecule has 0 spiro atoms. The van der Waals surface area contributed by atoms with Crippen molar-refractivity contribution < 1.29 is 14.6 Å². The van der Waals surface area contributed by atoms with E-state index in [0.717, 1.165) is 25.5 Å². The van der Waals surface area contributed by atoms with Crippen LogP contribution in [0.15, 0.2) is 0 Å². The Morgan fingerprint density at radius 1 is 1.47 bits per heavy atom. The lowest BCUT2D eigenvalue weighted by Crippen LogP contribution is -2.43. The van der Waals surface area contributed by atoms with Crippen LogP contribution >= 0.6 is 0 Å². The van der Waals surface area contributed by atoms with E-state index in [2.05, 4.69) is 4.90 Å². The van der Waals surface area contributed by atoms with E-state index in [-0.39, 0.29) is 12.6 Å². The first-order valence-electron chi connectivity index (χ1n) is 5.74. The molecular formula is C11H19NO3. The Morgan fingerprint density at radius 2 is 2.20 bits per heavy atom. The third-order valence-corrected chi connectivity index (χ3v) is 3.33. The molecule has 4 heteroatoms. The van der Waals surface area contributed by atoms with E-state index < -0.39 is 5.97 Å². The van der Waals surface area contributed by atoms with Gasteiger partial charge >= 0.3 is 5.97 Å². The van der Waals surface area contributed by atoms with Crippen LogP contribution in [0, 0.1) is 5.92 Å². The molecule has 0 aromatic carbocycles. The Kier molecular flexibility index (Phi) is 3.26. The molecule has 1 saturated heterocycles. The molecule has 0 amide bonds. The monoisotopic (exact) mass is 213 g/mol. The lowest BCUT2D eigenvalue weighted by atomic mass is 10.1. The zero-order valence-corrected chi connectivity index (χ0v) is 9.19. The van der Waals surface area contributed by atoms with Gasteiger partial charge in [0.15, 0.2) is 0 Å². The normalized spacial score (nSPS) is 31.1. The fourth-order valence-electron chi connectivity index (χ4n) is 2.32. The summed E-state index contributed by atoms with van der Waals surface area (Å²) in [7, 11) is 0. The molecule has 0 aromatic heterocycles. The Morgan fingerprint density at radius 3 is 2.67 bits per heavy atom. The Bertz CT molecular complexity index is 240. The van der Waals surface area contributed by atoms with Crippen molar-refractivity contribution in [3.05, 3.63) is 0 Å². The molecule has 2 unspecified atom stereocenters. The van der Waals surface area contributed by atoms with E-state index in [0.29, 0.717) is 6.04 Å². The summed E-state index contributed by atoms with van der Waals surface area (Å²) in [5, 5.41) is 8.88. The maximum Gasteiger partial charge on any atom is 0.317 e. The molecule has 0 radical (unpaired) electrons. The van der Waals surface area contributed by atoms with Crippen LogP contribution in [-0.4, -0.2) is 47.8 Å². The van der Waals surface area contributed by atoms with Crippen LogP contribution in [-0.2, 0) is 9.53 Å². The molecule has 1 aliphatic carbocycles. The fourth-order valence-corrected chi connectivity index (χ4v) is 2.32. The molecule has 4 nitrogen and oxygen atoms in total. The number of hydrogen-bond acceptors (Lipinski definition) is 3. The van der Waals surface area contributed by atoms with Gasteiger partial charge in [0.05, 0.1) is 12.6 Å². The summed E-state index contributed by atoms with van der Waals surface area (Å²) in [5.41, 5.74) is 0. The zero-order valence-electron chi connectivity index (χ0n) is 9.19. The number of nitrogens with zero attached hydrogens (tertiary/aromatic N) is 1. The first-order valence-corrected chi connectivity index (χ1v) is 5.74. The molecule has 1 saturated carbocycles. The average Bonchev–Trinajstić information content (AvgIpc) is 2.86. The van der Waals surface area contributed by atoms with Crippen molar-refractivity contribution in [2.45, 2.75) is 38.3 Å². The fraction of sp³-hybridized carbons (Fsp3) is 0.909. The molecule has 1 heterocycles. The van der Waals surface area contributed by atoms with Crippen molar-refractivity contribution in [1.82, 2.24) is 4.90 Å². The molecule has 2 atom stereocenters. The van der Waals surface area contributed by atoms with Gasteiger partial charge in [-0.3, -0.25) is 9.69 Å². The maximum absolute atomic E-state index is 10.8. The molecule has 2 fully saturated rings. The van der Waals surface area contributed by atoms with Gasteiger partial charge in [-0.1, -0.05) is 0 Å². The molecule has 1 aliphatic heterocycles. The van der Waals surface area contributed by atoms with Crippen LogP contribution < -0.4 is 0 Å². The lowest BCUT2D eigenvalue weighted by molar-refractivity contribution is -0.139. The quantitative estimate of drug-likeness (QED) is 0.739. The van der Waals surface area contributed by atoms with Gasteiger partial charge in [0, 0.05) is 19.2 Å². The zero-order chi connectivity index (χ0) is 10.8. The molecule has 0 aromatic rings. The van der Waals surface area contributed by atoms with Crippen molar-refractivity contribution in [1.29, 1.82) is 0 Å². The van der Waals surface area contributed by atoms with Crippen LogP contribution in [0.25, 0.3) is 0 Å². The van der Waals surface area contributed by atoms with E-state index in [1.54, 1.807) is 0 Å². The van der Waals surface area contributed by atoms with Crippen molar-refractivity contribution in [2.24, 2.45) is 5.92 Å². The summed E-state index contributed by atoms with van der Waals surface area (Å²) in [6, 6.07) is 0.307. The smallest absolute Gasteiger partial charge is 0.317 e. The highest BCUT2D eigenvalue weighted by Crippen LogP contribution is 2.31. The van der Waals surface area contributed by atoms with Gasteiger partial charge in [0.1, 0.15) is 0 Å². The van der Waals surface area contributed by atoms with E-state index >= 15 is 0 Å². The van der Waals surface area contributed by atoms with Gasteiger partial charge in [-0.25, -0.2) is 0 Å². The van der Waals surface area contributed by atoms with Crippen molar-refractivity contribution in [2.75, 3.05) is 19.7 Å². The number of ether oxygens (including phenoxy) is 1. The molecule has 2 aliphatic rings. The van der Waals surface area contributed by atoms with E-state index in [1.165, 1.54) is 12.8 Å². The second-order valence-electron chi connectivity index (χ2n) is 4.70. The van der Waals surface area contributed by atoms with Crippen molar-refractivity contribution in [3.8, 4) is 0 Å². The Labute approximate surface area is 90.2 Å².